The highest BCUT2D eigenvalue weighted by Crippen LogP contribution is 2.42. The van der Waals surface area contributed by atoms with E-state index >= 15 is 0 Å². The third kappa shape index (κ3) is 10.3. The molecule has 5 amide bonds. The lowest BCUT2D eigenvalue weighted by molar-refractivity contribution is -0.144. The topological polar surface area (TPSA) is 139 Å². The van der Waals surface area contributed by atoms with Crippen LogP contribution >= 0.6 is 34.8 Å². The number of amides is 5. The molecule has 1 aliphatic carbocycles. The Hall–Kier alpha value is -4.91. The average Bonchev–Trinajstić information content (AvgIpc) is 3.96. The minimum absolute atomic E-state index is 0.0170. The van der Waals surface area contributed by atoms with Gasteiger partial charge in [0.1, 0.15) is 29.2 Å². The highest BCUT2D eigenvalue weighted by Gasteiger charge is 2.45. The fraction of sp³-hybridized carbons (Fsp3) is 0.444. The van der Waals surface area contributed by atoms with Crippen molar-refractivity contribution in [1.82, 2.24) is 4.90 Å². The van der Waals surface area contributed by atoms with Gasteiger partial charge in [-0.1, -0.05) is 54.2 Å². The number of fused-ring (bicyclic) bond motifs is 1. The number of carbonyl (C=O) groups is 5. The summed E-state index contributed by atoms with van der Waals surface area (Å²) in [4.78, 5) is 65.8. The lowest BCUT2D eigenvalue weighted by Gasteiger charge is -2.31. The van der Waals surface area contributed by atoms with Crippen molar-refractivity contribution < 1.29 is 47.0 Å². The number of nitrogens with zero attached hydrogens (tertiary/aromatic N) is 4. The van der Waals surface area contributed by atoms with Crippen LogP contribution in [0.1, 0.15) is 76.4 Å². The number of terminal acetylenes is 1. The molecule has 2 atom stereocenters. The molecule has 0 N–H and O–H groups in total. The first kappa shape index (κ1) is 48.1. The molecule has 332 valence electrons. The van der Waals surface area contributed by atoms with Gasteiger partial charge >= 0.3 is 0 Å². The van der Waals surface area contributed by atoms with Crippen molar-refractivity contribution >= 4 is 81.4 Å². The molecule has 3 aromatic rings. The zero-order valence-electron chi connectivity index (χ0n) is 35.5. The van der Waals surface area contributed by atoms with Crippen molar-refractivity contribution in [2.24, 2.45) is 0 Å². The average molecular weight is 916 g/mol. The van der Waals surface area contributed by atoms with Crippen LogP contribution in [-0.4, -0.2) is 90.3 Å². The number of aryl methyl sites for hydroxylation is 2. The Kier molecular flexibility index (Phi) is 16.3. The van der Waals surface area contributed by atoms with E-state index in [2.05, 4.69) is 18.9 Å². The van der Waals surface area contributed by atoms with E-state index in [0.29, 0.717) is 42.9 Å². The summed E-state index contributed by atoms with van der Waals surface area (Å²) < 4.78 is 36.2. The summed E-state index contributed by atoms with van der Waals surface area (Å²) in [5.41, 5.74) is 3.46. The van der Waals surface area contributed by atoms with Crippen LogP contribution < -0.4 is 19.4 Å². The predicted octanol–water partition coefficient (Wildman–Crippen LogP) is 7.81. The number of methoxy groups -OCH3 is 1. The van der Waals surface area contributed by atoms with Gasteiger partial charge in [0.15, 0.2) is 17.3 Å². The molecule has 0 radical (unpaired) electrons. The molecule has 4 heterocycles. The van der Waals surface area contributed by atoms with Crippen LogP contribution in [0.15, 0.2) is 64.3 Å². The number of anilines is 3. The van der Waals surface area contributed by atoms with Gasteiger partial charge < -0.3 is 28.4 Å². The molecule has 2 unspecified atom stereocenters. The van der Waals surface area contributed by atoms with Crippen LogP contribution in [0, 0.1) is 25.1 Å². The smallest absolute Gasteiger partial charge is 0.265 e. The monoisotopic (exact) mass is 914 g/mol. The van der Waals surface area contributed by atoms with Gasteiger partial charge in [-0.15, -0.1) is 18.0 Å². The zero-order valence-corrected chi connectivity index (χ0v) is 37.7. The number of hydrogen-bond donors (Lipinski definition) is 0. The number of benzene rings is 2. The van der Waals surface area contributed by atoms with Crippen molar-refractivity contribution in [2.45, 2.75) is 89.4 Å². The second-order valence-corrected chi connectivity index (χ2v) is 16.7. The summed E-state index contributed by atoms with van der Waals surface area (Å²) in [7, 11) is 1.64. The standard InChI is InChI=1S/C19H15FN2O4.C15H22ClNO2.C11H13Cl2NO3/c1-2-7-21-15-9-14(13(20)8-16(15)26-10-17(21)23)22-18(24)11-5-3-4-6-12(11)19(22)25;1-5-13-8-6-7-11(2)15(13)17(14(18)9-16)12(3)10-19-4;1-11(2)14(10(15)9(12)13)6-8(17-11)7-4-3-5-16-7/h1,8-9H,3-7,10H2;6-8,12H,5,9-10H2,1-4H3;3-5,8-9H,6H2,1-2H3. The molecular weight excluding hydrogens is 866 g/mol. The summed E-state index contributed by atoms with van der Waals surface area (Å²) in [6, 6.07) is 12.0. The molecule has 1 saturated heterocycles. The van der Waals surface area contributed by atoms with E-state index in [1.807, 2.05) is 32.0 Å². The van der Waals surface area contributed by atoms with Gasteiger partial charge in [0.2, 0.25) is 5.91 Å². The number of halogens is 4. The summed E-state index contributed by atoms with van der Waals surface area (Å²) in [6.07, 6.45) is 10.2. The summed E-state index contributed by atoms with van der Waals surface area (Å²) in [5.74, 6) is 0.630. The minimum atomic E-state index is -1.08. The summed E-state index contributed by atoms with van der Waals surface area (Å²) in [5, 5.41) is 0. The molecule has 2 aromatic carbocycles. The number of hydrogen-bond acceptors (Lipinski definition) is 9. The molecule has 3 aliphatic heterocycles. The first-order chi connectivity index (χ1) is 29.5. The highest BCUT2D eigenvalue weighted by atomic mass is 35.5. The summed E-state index contributed by atoms with van der Waals surface area (Å²) >= 11 is 17.0. The van der Waals surface area contributed by atoms with Gasteiger partial charge in [0.05, 0.1) is 49.1 Å². The molecule has 13 nitrogen and oxygen atoms in total. The van der Waals surface area contributed by atoms with Crippen molar-refractivity contribution in [3.05, 3.63) is 82.6 Å². The Bertz CT molecular complexity index is 2210. The molecular formula is C45H50Cl3FN4O9. The normalized spacial score (nSPS) is 18.3. The number of alkyl halides is 3. The lowest BCUT2D eigenvalue weighted by atomic mass is 9.93. The van der Waals surface area contributed by atoms with Crippen LogP contribution in [0.5, 0.6) is 5.75 Å². The molecule has 1 aromatic heterocycles. The SMILES string of the molecule is C#CCN1C(=O)COc2cc(F)c(N3C(=O)C4=C(CCCC4)C3=O)cc21.CC1(C)OC(c2ccco2)CN1C(=O)C(Cl)Cl.CCc1cccc(C)c1N(C(=O)CCl)C(C)COC. The second kappa shape index (κ2) is 21.0. The van der Waals surface area contributed by atoms with E-state index in [4.69, 9.17) is 59.9 Å². The Morgan fingerprint density at radius 2 is 1.74 bits per heavy atom. The van der Waals surface area contributed by atoms with Crippen molar-refractivity contribution in [3.63, 3.8) is 0 Å². The molecule has 0 saturated carbocycles. The fourth-order valence-corrected chi connectivity index (χ4v) is 8.22. The van der Waals surface area contributed by atoms with Gasteiger partial charge in [0, 0.05) is 24.3 Å². The van der Waals surface area contributed by atoms with Gasteiger partial charge in [-0.2, -0.15) is 0 Å². The Morgan fingerprint density at radius 3 is 2.31 bits per heavy atom. The molecule has 0 spiro atoms. The first-order valence-electron chi connectivity index (χ1n) is 20.1. The lowest BCUT2D eigenvalue weighted by Crippen LogP contribution is -2.45. The van der Waals surface area contributed by atoms with Crippen LogP contribution in [0.4, 0.5) is 21.5 Å². The van der Waals surface area contributed by atoms with E-state index in [1.54, 1.807) is 38.2 Å². The maximum atomic E-state index is 14.7. The van der Waals surface area contributed by atoms with Crippen LogP contribution in [-0.2, 0) is 39.9 Å². The molecule has 7 rings (SSSR count). The number of ether oxygens (including phenoxy) is 3. The Morgan fingerprint density at radius 1 is 1.06 bits per heavy atom. The molecule has 17 heteroatoms. The van der Waals surface area contributed by atoms with E-state index in [-0.39, 0.29) is 66.0 Å². The van der Waals surface area contributed by atoms with E-state index < -0.39 is 28.2 Å². The number of furan rings is 1. The second-order valence-electron chi connectivity index (χ2n) is 15.3. The number of rotatable bonds is 10. The maximum absolute atomic E-state index is 14.7. The third-order valence-electron chi connectivity index (χ3n) is 10.8. The van der Waals surface area contributed by atoms with Crippen LogP contribution in [0.2, 0.25) is 0 Å². The molecule has 62 heavy (non-hydrogen) atoms. The third-order valence-corrected chi connectivity index (χ3v) is 11.4. The van der Waals surface area contributed by atoms with E-state index in [1.165, 1.54) is 15.9 Å². The number of imide groups is 1. The largest absolute Gasteiger partial charge is 0.481 e. The van der Waals surface area contributed by atoms with Crippen LogP contribution in [0.25, 0.3) is 0 Å². The van der Waals surface area contributed by atoms with Gasteiger partial charge in [0.25, 0.3) is 23.6 Å². The fourth-order valence-electron chi connectivity index (χ4n) is 7.86. The van der Waals surface area contributed by atoms with Crippen molar-refractivity contribution in [1.29, 1.82) is 0 Å². The van der Waals surface area contributed by atoms with Crippen LogP contribution in [0.3, 0.4) is 0 Å². The number of carbonyl (C=O) groups excluding carboxylic acids is 5. The van der Waals surface area contributed by atoms with Gasteiger partial charge in [-0.25, -0.2) is 9.29 Å². The van der Waals surface area contributed by atoms with E-state index in [0.717, 1.165) is 47.0 Å². The Labute approximate surface area is 375 Å². The summed E-state index contributed by atoms with van der Waals surface area (Å²) in [6.45, 7) is 10.3. The molecule has 4 aliphatic rings. The van der Waals surface area contributed by atoms with Gasteiger partial charge in [-0.3, -0.25) is 28.9 Å². The highest BCUT2D eigenvalue weighted by molar-refractivity contribution is 6.53. The van der Waals surface area contributed by atoms with Crippen molar-refractivity contribution in [2.75, 3.05) is 54.0 Å². The quantitative estimate of drug-likeness (QED) is 0.113. The first-order valence-corrected chi connectivity index (χ1v) is 21.5. The van der Waals surface area contributed by atoms with E-state index in [9.17, 15) is 28.4 Å². The van der Waals surface area contributed by atoms with Gasteiger partial charge in [-0.05, 0) is 89.1 Å². The zero-order chi connectivity index (χ0) is 45.5. The molecule has 0 bridgehead atoms. The number of para-hydroxylation sites is 1. The minimum Gasteiger partial charge on any atom is -0.481 e. The van der Waals surface area contributed by atoms with Crippen molar-refractivity contribution in [3.8, 4) is 18.1 Å². The predicted molar refractivity (Wildman–Crippen MR) is 235 cm³/mol. The Balaban J connectivity index is 0.000000181. The maximum Gasteiger partial charge on any atom is 0.265 e. The molecule has 1 fully saturated rings.